The lowest BCUT2D eigenvalue weighted by molar-refractivity contribution is -0.121. The standard InChI is InChI=1S/C25H24N4O2/c1-16-11-17(8-9-26-16)25-21-15-27-19(12-18(21)14-28-25)13-24(30)29-22-6-4-10-31-23-7-3-2-5-20(22)23/h2-3,5,7-9,11-12,15,22H,4,6,10,13-14H2,1H3,(H,29,30)/t22-/m1/s1. The van der Waals surface area contributed by atoms with Gasteiger partial charge in [0.1, 0.15) is 5.75 Å². The Morgan fingerprint density at radius 1 is 1.19 bits per heavy atom. The van der Waals surface area contributed by atoms with Crippen molar-refractivity contribution in [2.75, 3.05) is 6.61 Å². The SMILES string of the molecule is Cc1cc(C2=NCc3cc(CC(=O)N[C@@H]4CCCOc5ccccc54)ncc32)ccn1. The van der Waals surface area contributed by atoms with E-state index in [0.29, 0.717) is 13.2 Å². The van der Waals surface area contributed by atoms with E-state index in [0.717, 1.165) is 57.9 Å². The van der Waals surface area contributed by atoms with Crippen LogP contribution in [0.2, 0.25) is 0 Å². The molecule has 5 rings (SSSR count). The number of benzene rings is 1. The van der Waals surface area contributed by atoms with Crippen LogP contribution < -0.4 is 10.1 Å². The van der Waals surface area contributed by atoms with E-state index < -0.39 is 0 Å². The number of nitrogens with one attached hydrogen (secondary N) is 1. The van der Waals surface area contributed by atoms with Crippen molar-refractivity contribution < 1.29 is 9.53 Å². The number of hydrogen-bond donors (Lipinski definition) is 1. The van der Waals surface area contributed by atoms with Gasteiger partial charge in [-0.25, -0.2) is 0 Å². The van der Waals surface area contributed by atoms with E-state index >= 15 is 0 Å². The number of aliphatic imine (C=N–C) groups is 1. The fourth-order valence-corrected chi connectivity index (χ4v) is 4.26. The summed E-state index contributed by atoms with van der Waals surface area (Å²) in [5, 5.41) is 3.18. The molecule has 0 fully saturated rings. The molecule has 1 amide bonds. The molecule has 31 heavy (non-hydrogen) atoms. The molecule has 3 aromatic rings. The Hall–Kier alpha value is -3.54. The van der Waals surface area contributed by atoms with Gasteiger partial charge in [0.25, 0.3) is 0 Å². The van der Waals surface area contributed by atoms with Crippen molar-refractivity contribution in [2.24, 2.45) is 4.99 Å². The first kappa shape index (κ1) is 19.4. The number of aromatic nitrogens is 2. The third-order valence-corrected chi connectivity index (χ3v) is 5.75. The first-order valence-electron chi connectivity index (χ1n) is 10.6. The summed E-state index contributed by atoms with van der Waals surface area (Å²) in [5.41, 5.74) is 6.89. The number of amides is 1. The Kier molecular flexibility index (Phi) is 5.20. The molecule has 1 N–H and O–H groups in total. The van der Waals surface area contributed by atoms with Crippen molar-refractivity contribution in [3.05, 3.63) is 88.5 Å². The molecular formula is C25H24N4O2. The quantitative estimate of drug-likeness (QED) is 0.709. The summed E-state index contributed by atoms with van der Waals surface area (Å²) in [7, 11) is 0. The van der Waals surface area contributed by atoms with Crippen LogP contribution in [-0.4, -0.2) is 28.2 Å². The van der Waals surface area contributed by atoms with Gasteiger partial charge < -0.3 is 10.1 Å². The van der Waals surface area contributed by atoms with Crippen LogP contribution in [0.25, 0.3) is 0 Å². The molecule has 156 valence electrons. The zero-order valence-corrected chi connectivity index (χ0v) is 17.5. The number of hydrogen-bond acceptors (Lipinski definition) is 5. The average molecular weight is 412 g/mol. The fourth-order valence-electron chi connectivity index (χ4n) is 4.26. The summed E-state index contributed by atoms with van der Waals surface area (Å²) in [5.74, 6) is 0.829. The van der Waals surface area contributed by atoms with Gasteiger partial charge in [-0.2, -0.15) is 0 Å². The third kappa shape index (κ3) is 4.06. The van der Waals surface area contributed by atoms with E-state index in [-0.39, 0.29) is 18.4 Å². The van der Waals surface area contributed by atoms with Crippen molar-refractivity contribution in [3.63, 3.8) is 0 Å². The first-order chi connectivity index (χ1) is 15.2. The lowest BCUT2D eigenvalue weighted by Crippen LogP contribution is -2.30. The van der Waals surface area contributed by atoms with Gasteiger partial charge in [-0.1, -0.05) is 18.2 Å². The largest absolute Gasteiger partial charge is 0.493 e. The third-order valence-electron chi connectivity index (χ3n) is 5.75. The molecule has 0 bridgehead atoms. The van der Waals surface area contributed by atoms with Crippen LogP contribution in [0, 0.1) is 6.92 Å². The number of carbonyl (C=O) groups is 1. The van der Waals surface area contributed by atoms with E-state index in [1.165, 1.54) is 0 Å². The molecule has 2 aliphatic heterocycles. The monoisotopic (exact) mass is 412 g/mol. The van der Waals surface area contributed by atoms with Crippen molar-refractivity contribution in [3.8, 4) is 5.75 Å². The van der Waals surface area contributed by atoms with Crippen LogP contribution in [0.5, 0.6) is 5.75 Å². The maximum absolute atomic E-state index is 12.8. The molecule has 1 aromatic carbocycles. The highest BCUT2D eigenvalue weighted by Crippen LogP contribution is 2.31. The van der Waals surface area contributed by atoms with Gasteiger partial charge in [0.15, 0.2) is 0 Å². The number of fused-ring (bicyclic) bond motifs is 2. The molecule has 0 saturated heterocycles. The predicted molar refractivity (Wildman–Crippen MR) is 118 cm³/mol. The molecule has 6 nitrogen and oxygen atoms in total. The van der Waals surface area contributed by atoms with Crippen LogP contribution in [0.4, 0.5) is 0 Å². The highest BCUT2D eigenvalue weighted by molar-refractivity contribution is 6.15. The Morgan fingerprint density at radius 2 is 2.10 bits per heavy atom. The van der Waals surface area contributed by atoms with E-state index in [1.54, 1.807) is 6.20 Å². The molecule has 2 aromatic heterocycles. The molecule has 0 radical (unpaired) electrons. The summed E-state index contributed by atoms with van der Waals surface area (Å²) in [6, 6.07) is 13.9. The second-order valence-electron chi connectivity index (χ2n) is 8.01. The maximum atomic E-state index is 12.8. The van der Waals surface area contributed by atoms with Gasteiger partial charge >= 0.3 is 0 Å². The molecule has 0 unspecified atom stereocenters. The number of rotatable bonds is 4. The van der Waals surface area contributed by atoms with Crippen LogP contribution in [0.1, 0.15) is 52.5 Å². The number of para-hydroxylation sites is 1. The van der Waals surface area contributed by atoms with Crippen molar-refractivity contribution >= 4 is 11.6 Å². The molecular weight excluding hydrogens is 388 g/mol. The molecule has 1 atom stereocenters. The molecule has 0 saturated carbocycles. The van der Waals surface area contributed by atoms with Gasteiger partial charge in [-0.15, -0.1) is 0 Å². The molecule has 0 aliphatic carbocycles. The topological polar surface area (TPSA) is 76.5 Å². The first-order valence-corrected chi connectivity index (χ1v) is 10.6. The lowest BCUT2D eigenvalue weighted by atomic mass is 10.0. The summed E-state index contributed by atoms with van der Waals surface area (Å²) in [6.45, 7) is 3.25. The Morgan fingerprint density at radius 3 is 3.00 bits per heavy atom. The van der Waals surface area contributed by atoms with Crippen molar-refractivity contribution in [1.29, 1.82) is 0 Å². The normalized spacial score (nSPS) is 17.1. The Bertz CT molecular complexity index is 1170. The average Bonchev–Trinajstić information content (AvgIpc) is 3.09. The minimum absolute atomic E-state index is 0.0296. The smallest absolute Gasteiger partial charge is 0.226 e. The predicted octanol–water partition coefficient (Wildman–Crippen LogP) is 3.71. The summed E-state index contributed by atoms with van der Waals surface area (Å²) in [6.07, 6.45) is 5.66. The van der Waals surface area contributed by atoms with Gasteiger partial charge in [-0.3, -0.25) is 19.8 Å². The minimum Gasteiger partial charge on any atom is -0.493 e. The van der Waals surface area contributed by atoms with Gasteiger partial charge in [0.2, 0.25) is 5.91 Å². The minimum atomic E-state index is -0.0366. The zero-order valence-electron chi connectivity index (χ0n) is 17.5. The zero-order chi connectivity index (χ0) is 21.2. The van der Waals surface area contributed by atoms with Gasteiger partial charge in [0, 0.05) is 34.8 Å². The van der Waals surface area contributed by atoms with E-state index in [2.05, 4.69) is 15.3 Å². The summed E-state index contributed by atoms with van der Waals surface area (Å²) < 4.78 is 5.80. The second-order valence-corrected chi connectivity index (χ2v) is 8.01. The van der Waals surface area contributed by atoms with Crippen LogP contribution in [0.3, 0.4) is 0 Å². The highest BCUT2D eigenvalue weighted by Gasteiger charge is 2.23. The maximum Gasteiger partial charge on any atom is 0.226 e. The number of aryl methyl sites for hydroxylation is 1. The Balaban J connectivity index is 1.29. The number of carbonyl (C=O) groups excluding carboxylic acids is 1. The number of ether oxygens (including phenoxy) is 1. The second kappa shape index (κ2) is 8.30. The Labute approximate surface area is 181 Å². The molecule has 0 spiro atoms. The van der Waals surface area contributed by atoms with E-state index in [1.807, 2.05) is 55.6 Å². The summed E-state index contributed by atoms with van der Waals surface area (Å²) in [4.78, 5) is 26.3. The van der Waals surface area contributed by atoms with Gasteiger partial charge in [-0.05, 0) is 49.6 Å². The summed E-state index contributed by atoms with van der Waals surface area (Å²) >= 11 is 0. The molecule has 6 heteroatoms. The number of nitrogens with zero attached hydrogens (tertiary/aromatic N) is 3. The van der Waals surface area contributed by atoms with Crippen LogP contribution in [-0.2, 0) is 17.8 Å². The van der Waals surface area contributed by atoms with Crippen LogP contribution >= 0.6 is 0 Å². The van der Waals surface area contributed by atoms with E-state index in [9.17, 15) is 4.79 Å². The fraction of sp³-hybridized carbons (Fsp3) is 0.280. The molecule has 4 heterocycles. The molecule has 2 aliphatic rings. The highest BCUT2D eigenvalue weighted by atomic mass is 16.5. The lowest BCUT2D eigenvalue weighted by Gasteiger charge is -2.18. The van der Waals surface area contributed by atoms with Crippen molar-refractivity contribution in [1.82, 2.24) is 15.3 Å². The van der Waals surface area contributed by atoms with Gasteiger partial charge in [0.05, 0.1) is 37.0 Å². The van der Waals surface area contributed by atoms with Crippen LogP contribution in [0.15, 0.2) is 59.9 Å². The van der Waals surface area contributed by atoms with Crippen molar-refractivity contribution in [2.45, 2.75) is 38.8 Å². The number of pyridine rings is 2. The van der Waals surface area contributed by atoms with E-state index in [4.69, 9.17) is 9.73 Å².